The molecular formula is C14H18N2O3S2. The third-order valence-corrected chi connectivity index (χ3v) is 5.15. The second-order valence-corrected chi connectivity index (χ2v) is 7.29. The highest BCUT2D eigenvalue weighted by molar-refractivity contribution is 8.00. The first-order valence-electron chi connectivity index (χ1n) is 6.77. The third kappa shape index (κ3) is 3.47. The molecule has 2 heterocycles. The molecule has 1 N–H and O–H groups in total. The van der Waals surface area contributed by atoms with Crippen LogP contribution in [0.25, 0.3) is 10.2 Å². The maximum atomic E-state index is 12.1. The Morgan fingerprint density at radius 3 is 2.86 bits per heavy atom. The van der Waals surface area contributed by atoms with Crippen LogP contribution in [0.1, 0.15) is 30.7 Å². The first-order chi connectivity index (χ1) is 9.93. The number of carbonyl (C=O) groups excluding carboxylic acids is 1. The zero-order valence-corrected chi connectivity index (χ0v) is 14.1. The van der Waals surface area contributed by atoms with E-state index in [9.17, 15) is 9.59 Å². The van der Waals surface area contributed by atoms with Crippen LogP contribution in [0, 0.1) is 13.8 Å². The Morgan fingerprint density at radius 2 is 2.19 bits per heavy atom. The van der Waals surface area contributed by atoms with E-state index in [0.717, 1.165) is 16.9 Å². The monoisotopic (exact) mass is 326 g/mol. The minimum atomic E-state index is -0.403. The minimum Gasteiger partial charge on any atom is -0.465 e. The van der Waals surface area contributed by atoms with Crippen molar-refractivity contribution in [1.82, 2.24) is 9.97 Å². The molecule has 0 spiro atoms. The zero-order valence-electron chi connectivity index (χ0n) is 12.5. The molecule has 2 aromatic heterocycles. The summed E-state index contributed by atoms with van der Waals surface area (Å²) in [6.07, 6.45) is 0.790. The summed E-state index contributed by atoms with van der Waals surface area (Å²) in [5.41, 5.74) is 0.814. The lowest BCUT2D eigenvalue weighted by molar-refractivity contribution is -0.142. The molecule has 2 rings (SSSR count). The van der Waals surface area contributed by atoms with Crippen molar-refractivity contribution < 1.29 is 9.53 Å². The lowest BCUT2D eigenvalue weighted by Crippen LogP contribution is -2.18. The van der Waals surface area contributed by atoms with Crippen molar-refractivity contribution >= 4 is 39.3 Å². The minimum absolute atomic E-state index is 0.154. The zero-order chi connectivity index (χ0) is 15.6. The molecule has 1 unspecified atom stereocenters. The van der Waals surface area contributed by atoms with E-state index in [0.29, 0.717) is 22.0 Å². The molecule has 0 amide bonds. The molecule has 0 radical (unpaired) electrons. The molecule has 0 aliphatic carbocycles. The maximum absolute atomic E-state index is 12.1. The molecule has 5 nitrogen and oxygen atoms in total. The second kappa shape index (κ2) is 6.62. The van der Waals surface area contributed by atoms with Crippen LogP contribution in [0.3, 0.4) is 0 Å². The van der Waals surface area contributed by atoms with Crippen molar-refractivity contribution in [2.24, 2.45) is 0 Å². The Bertz CT molecular complexity index is 721. The molecule has 0 fully saturated rings. The Morgan fingerprint density at radius 1 is 1.48 bits per heavy atom. The van der Waals surface area contributed by atoms with Crippen molar-refractivity contribution in [2.75, 3.05) is 6.61 Å². The number of thiophene rings is 1. The summed E-state index contributed by atoms with van der Waals surface area (Å²) in [6.45, 7) is 7.99. The largest absolute Gasteiger partial charge is 0.465 e. The molecule has 0 aliphatic rings. The Hall–Kier alpha value is -1.34. The number of aromatic amines is 1. The topological polar surface area (TPSA) is 72.0 Å². The van der Waals surface area contributed by atoms with Gasteiger partial charge >= 0.3 is 5.97 Å². The van der Waals surface area contributed by atoms with Gasteiger partial charge in [-0.1, -0.05) is 18.7 Å². The molecular weight excluding hydrogens is 308 g/mol. The van der Waals surface area contributed by atoms with Crippen molar-refractivity contribution in [1.29, 1.82) is 0 Å². The summed E-state index contributed by atoms with van der Waals surface area (Å²) in [5, 5.41) is 0.692. The Labute approximate surface area is 131 Å². The molecule has 1 atom stereocenters. The van der Waals surface area contributed by atoms with Gasteiger partial charge in [-0.15, -0.1) is 11.3 Å². The van der Waals surface area contributed by atoms with Gasteiger partial charge in [-0.2, -0.15) is 0 Å². The SMILES string of the molecule is CCCOC(=O)C(C)Sc1nc2sc(C)c(C)c2c(=O)[nH]1. The van der Waals surface area contributed by atoms with E-state index in [2.05, 4.69) is 9.97 Å². The molecule has 0 aliphatic heterocycles. The van der Waals surface area contributed by atoms with Gasteiger partial charge < -0.3 is 9.72 Å². The van der Waals surface area contributed by atoms with Crippen LogP contribution in [-0.2, 0) is 9.53 Å². The highest BCUT2D eigenvalue weighted by atomic mass is 32.2. The standard InChI is InChI=1S/C14H18N2O3S2/c1-5-6-19-13(18)9(4)21-14-15-11(17)10-7(2)8(3)20-12(10)16-14/h9H,5-6H2,1-4H3,(H,15,16,17). The number of fused-ring (bicyclic) bond motifs is 1. The molecule has 0 aromatic carbocycles. The van der Waals surface area contributed by atoms with Gasteiger partial charge in [0.25, 0.3) is 5.56 Å². The van der Waals surface area contributed by atoms with Crippen LogP contribution in [0.2, 0.25) is 0 Å². The number of ether oxygens (including phenoxy) is 1. The Kier molecular flexibility index (Phi) is 5.05. The van der Waals surface area contributed by atoms with E-state index >= 15 is 0 Å². The number of carbonyl (C=O) groups is 1. The number of thioether (sulfide) groups is 1. The van der Waals surface area contributed by atoms with Crippen LogP contribution in [0.15, 0.2) is 9.95 Å². The summed E-state index contributed by atoms with van der Waals surface area (Å²) in [6, 6.07) is 0. The average Bonchev–Trinajstić information content (AvgIpc) is 2.71. The lowest BCUT2D eigenvalue weighted by atomic mass is 10.2. The van der Waals surface area contributed by atoms with Crippen molar-refractivity contribution in [3.8, 4) is 0 Å². The van der Waals surface area contributed by atoms with Crippen LogP contribution < -0.4 is 5.56 Å². The number of nitrogens with zero attached hydrogens (tertiary/aromatic N) is 1. The van der Waals surface area contributed by atoms with Crippen LogP contribution in [0.4, 0.5) is 0 Å². The fraction of sp³-hybridized carbons (Fsp3) is 0.500. The van der Waals surface area contributed by atoms with Gasteiger partial charge in [-0.05, 0) is 32.8 Å². The fourth-order valence-electron chi connectivity index (χ4n) is 1.83. The normalized spacial score (nSPS) is 12.6. The summed E-state index contributed by atoms with van der Waals surface area (Å²) in [4.78, 5) is 32.9. The van der Waals surface area contributed by atoms with Crippen LogP contribution >= 0.6 is 23.1 Å². The Balaban J connectivity index is 2.23. The number of aryl methyl sites for hydroxylation is 2. The highest BCUT2D eigenvalue weighted by Crippen LogP contribution is 2.28. The van der Waals surface area contributed by atoms with Gasteiger partial charge in [0.1, 0.15) is 10.1 Å². The van der Waals surface area contributed by atoms with Crippen LogP contribution in [0.5, 0.6) is 0 Å². The number of esters is 1. The summed E-state index contributed by atoms with van der Waals surface area (Å²) < 4.78 is 5.09. The van der Waals surface area contributed by atoms with Gasteiger partial charge in [0.2, 0.25) is 0 Å². The lowest BCUT2D eigenvalue weighted by Gasteiger charge is -2.09. The number of H-pyrrole nitrogens is 1. The van der Waals surface area contributed by atoms with Gasteiger partial charge in [0, 0.05) is 4.88 Å². The number of hydrogen-bond donors (Lipinski definition) is 1. The first-order valence-corrected chi connectivity index (χ1v) is 8.47. The number of rotatable bonds is 5. The first kappa shape index (κ1) is 16.0. The number of aromatic nitrogens is 2. The van der Waals surface area contributed by atoms with E-state index in [4.69, 9.17) is 4.74 Å². The summed E-state index contributed by atoms with van der Waals surface area (Å²) in [7, 11) is 0. The van der Waals surface area contributed by atoms with Gasteiger partial charge in [-0.25, -0.2) is 4.98 Å². The molecule has 2 aromatic rings. The maximum Gasteiger partial charge on any atom is 0.319 e. The van der Waals surface area contributed by atoms with Crippen molar-refractivity contribution in [2.45, 2.75) is 44.5 Å². The van der Waals surface area contributed by atoms with Gasteiger partial charge in [0.05, 0.1) is 12.0 Å². The predicted octanol–water partition coefficient (Wildman–Crippen LogP) is 3.04. The predicted molar refractivity (Wildman–Crippen MR) is 86.3 cm³/mol. The average molecular weight is 326 g/mol. The molecule has 0 saturated carbocycles. The molecule has 21 heavy (non-hydrogen) atoms. The number of hydrogen-bond acceptors (Lipinski definition) is 6. The van der Waals surface area contributed by atoms with Gasteiger partial charge in [0.15, 0.2) is 5.16 Å². The molecule has 114 valence electrons. The number of nitrogens with one attached hydrogen (secondary N) is 1. The summed E-state index contributed by atoms with van der Waals surface area (Å²) in [5.74, 6) is -0.289. The highest BCUT2D eigenvalue weighted by Gasteiger charge is 2.19. The van der Waals surface area contributed by atoms with E-state index in [-0.39, 0.29) is 11.5 Å². The molecule has 0 bridgehead atoms. The smallest absolute Gasteiger partial charge is 0.319 e. The quantitative estimate of drug-likeness (QED) is 0.519. The van der Waals surface area contributed by atoms with Gasteiger partial charge in [-0.3, -0.25) is 9.59 Å². The summed E-state index contributed by atoms with van der Waals surface area (Å²) >= 11 is 2.71. The third-order valence-electron chi connectivity index (χ3n) is 3.09. The van der Waals surface area contributed by atoms with E-state index < -0.39 is 5.25 Å². The van der Waals surface area contributed by atoms with Crippen molar-refractivity contribution in [3.05, 3.63) is 20.8 Å². The molecule has 0 saturated heterocycles. The van der Waals surface area contributed by atoms with E-state index in [1.54, 1.807) is 6.92 Å². The molecule has 7 heteroatoms. The second-order valence-electron chi connectivity index (χ2n) is 4.76. The van der Waals surface area contributed by atoms with Crippen LogP contribution in [-0.4, -0.2) is 27.8 Å². The van der Waals surface area contributed by atoms with Crippen molar-refractivity contribution in [3.63, 3.8) is 0 Å². The van der Waals surface area contributed by atoms with E-state index in [1.807, 2.05) is 20.8 Å². The van der Waals surface area contributed by atoms with E-state index in [1.165, 1.54) is 23.1 Å². The fourth-order valence-corrected chi connectivity index (χ4v) is 3.71.